The second-order valence-electron chi connectivity index (χ2n) is 5.38. The van der Waals surface area contributed by atoms with Crippen molar-refractivity contribution in [2.75, 3.05) is 19.0 Å². The number of amides is 2. The van der Waals surface area contributed by atoms with Gasteiger partial charge >= 0.3 is 12.1 Å². The second-order valence-corrected chi connectivity index (χ2v) is 5.38. The lowest BCUT2D eigenvalue weighted by molar-refractivity contribution is -0.137. The van der Waals surface area contributed by atoms with Crippen molar-refractivity contribution in [3.8, 4) is 0 Å². The normalized spacial score (nSPS) is 10.8. The Bertz CT molecular complexity index is 848. The molecule has 2 aromatic rings. The molecule has 0 fully saturated rings. The van der Waals surface area contributed by atoms with Crippen LogP contribution in [-0.4, -0.2) is 31.4 Å². The van der Waals surface area contributed by atoms with Gasteiger partial charge in [-0.05, 0) is 42.5 Å². The molecule has 142 valence electrons. The summed E-state index contributed by atoms with van der Waals surface area (Å²) in [6.07, 6.45) is -4.49. The van der Waals surface area contributed by atoms with E-state index in [0.717, 1.165) is 24.3 Å². The highest BCUT2D eigenvalue weighted by Gasteiger charge is 2.30. The van der Waals surface area contributed by atoms with E-state index in [4.69, 9.17) is 0 Å². The average molecular weight is 380 g/mol. The van der Waals surface area contributed by atoms with Gasteiger partial charge in [-0.15, -0.1) is 0 Å². The molecule has 0 heterocycles. The van der Waals surface area contributed by atoms with E-state index >= 15 is 0 Å². The Kier molecular flexibility index (Phi) is 6.17. The molecule has 0 atom stereocenters. The minimum atomic E-state index is -4.49. The number of methoxy groups -OCH3 is 1. The molecule has 2 N–H and O–H groups in total. The predicted octanol–water partition coefficient (Wildman–Crippen LogP) is 2.86. The molecule has 0 saturated carbocycles. The number of benzene rings is 2. The van der Waals surface area contributed by atoms with Gasteiger partial charge in [0.25, 0.3) is 5.91 Å². The van der Waals surface area contributed by atoms with Crippen LogP contribution in [0.1, 0.15) is 26.3 Å². The Morgan fingerprint density at radius 1 is 1.00 bits per heavy atom. The van der Waals surface area contributed by atoms with Crippen molar-refractivity contribution in [3.05, 3.63) is 65.2 Å². The molecule has 0 unspecified atom stereocenters. The van der Waals surface area contributed by atoms with Crippen LogP contribution in [0.15, 0.2) is 48.5 Å². The SMILES string of the molecule is COC(=O)c1cccc(NC(=O)CNC(=O)c2ccc(C(F)(F)F)cc2)c1. The number of ether oxygens (including phenoxy) is 1. The molecule has 0 bridgehead atoms. The summed E-state index contributed by atoms with van der Waals surface area (Å²) in [5.74, 6) is -1.83. The van der Waals surface area contributed by atoms with Gasteiger partial charge in [0.05, 0.1) is 24.8 Å². The first-order chi connectivity index (χ1) is 12.7. The van der Waals surface area contributed by atoms with Crippen molar-refractivity contribution in [3.63, 3.8) is 0 Å². The van der Waals surface area contributed by atoms with E-state index in [0.29, 0.717) is 5.69 Å². The molecule has 2 rings (SSSR count). The van der Waals surface area contributed by atoms with Crippen molar-refractivity contribution in [1.82, 2.24) is 5.32 Å². The Morgan fingerprint density at radius 2 is 1.67 bits per heavy atom. The molecule has 0 aliphatic heterocycles. The molecule has 0 radical (unpaired) electrons. The summed E-state index contributed by atoms with van der Waals surface area (Å²) in [5, 5.41) is 4.79. The topological polar surface area (TPSA) is 84.5 Å². The number of rotatable bonds is 5. The number of carbonyl (C=O) groups is 3. The van der Waals surface area contributed by atoms with Gasteiger partial charge < -0.3 is 15.4 Å². The predicted molar refractivity (Wildman–Crippen MR) is 90.2 cm³/mol. The molecule has 2 aromatic carbocycles. The lowest BCUT2D eigenvalue weighted by Crippen LogP contribution is -2.32. The smallest absolute Gasteiger partial charge is 0.416 e. The third kappa shape index (κ3) is 5.56. The van der Waals surface area contributed by atoms with Crippen molar-refractivity contribution < 1.29 is 32.3 Å². The van der Waals surface area contributed by atoms with Crippen LogP contribution in [0.25, 0.3) is 0 Å². The summed E-state index contributed by atoms with van der Waals surface area (Å²) < 4.78 is 42.1. The molecular formula is C18H15F3N2O4. The van der Waals surface area contributed by atoms with Crippen molar-refractivity contribution in [2.24, 2.45) is 0 Å². The Balaban J connectivity index is 1.92. The van der Waals surface area contributed by atoms with Crippen LogP contribution in [0, 0.1) is 0 Å². The second kappa shape index (κ2) is 8.35. The summed E-state index contributed by atoms with van der Waals surface area (Å²) in [4.78, 5) is 35.3. The Hall–Kier alpha value is -3.36. The number of anilines is 1. The van der Waals surface area contributed by atoms with E-state index in [1.54, 1.807) is 12.1 Å². The molecule has 0 aromatic heterocycles. The highest BCUT2D eigenvalue weighted by molar-refractivity contribution is 6.00. The van der Waals surface area contributed by atoms with Crippen LogP contribution in [0.4, 0.5) is 18.9 Å². The lowest BCUT2D eigenvalue weighted by Gasteiger charge is -2.09. The fourth-order valence-corrected chi connectivity index (χ4v) is 2.12. The molecule has 0 aliphatic carbocycles. The van der Waals surface area contributed by atoms with Gasteiger partial charge in [0.1, 0.15) is 0 Å². The summed E-state index contributed by atoms with van der Waals surface area (Å²) in [7, 11) is 1.23. The number of nitrogens with one attached hydrogen (secondary N) is 2. The summed E-state index contributed by atoms with van der Waals surface area (Å²) in [5.41, 5.74) is -0.318. The molecule has 0 aliphatic rings. The summed E-state index contributed by atoms with van der Waals surface area (Å²) >= 11 is 0. The zero-order valence-electron chi connectivity index (χ0n) is 14.1. The molecule has 9 heteroatoms. The number of halogens is 3. The van der Waals surface area contributed by atoms with Gasteiger partial charge in [0, 0.05) is 11.3 Å². The third-order valence-electron chi connectivity index (χ3n) is 3.45. The quantitative estimate of drug-likeness (QED) is 0.782. The van der Waals surface area contributed by atoms with Gasteiger partial charge in [0.15, 0.2) is 0 Å². The number of carbonyl (C=O) groups excluding carboxylic acids is 3. The van der Waals surface area contributed by atoms with Gasteiger partial charge in [-0.2, -0.15) is 13.2 Å². The highest BCUT2D eigenvalue weighted by Crippen LogP contribution is 2.29. The molecule has 0 saturated heterocycles. The minimum Gasteiger partial charge on any atom is -0.465 e. The molecular weight excluding hydrogens is 365 g/mol. The largest absolute Gasteiger partial charge is 0.465 e. The van der Waals surface area contributed by atoms with Gasteiger partial charge in [-0.1, -0.05) is 6.07 Å². The molecule has 6 nitrogen and oxygen atoms in total. The number of hydrogen-bond donors (Lipinski definition) is 2. The summed E-state index contributed by atoms with van der Waals surface area (Å²) in [6.45, 7) is -0.400. The first-order valence-corrected chi connectivity index (χ1v) is 7.64. The van der Waals surface area contributed by atoms with Crippen LogP contribution in [0.3, 0.4) is 0 Å². The Labute approximate surface area is 152 Å². The van der Waals surface area contributed by atoms with Crippen LogP contribution < -0.4 is 10.6 Å². The zero-order chi connectivity index (χ0) is 20.0. The summed E-state index contributed by atoms with van der Waals surface area (Å²) in [6, 6.07) is 9.62. The first kappa shape index (κ1) is 20.0. The van der Waals surface area contributed by atoms with E-state index < -0.39 is 36.1 Å². The van der Waals surface area contributed by atoms with E-state index in [1.165, 1.54) is 19.2 Å². The van der Waals surface area contributed by atoms with Crippen LogP contribution >= 0.6 is 0 Å². The number of hydrogen-bond acceptors (Lipinski definition) is 4. The fraction of sp³-hybridized carbons (Fsp3) is 0.167. The monoisotopic (exact) mass is 380 g/mol. The van der Waals surface area contributed by atoms with E-state index in [2.05, 4.69) is 15.4 Å². The van der Waals surface area contributed by atoms with Crippen LogP contribution in [-0.2, 0) is 15.7 Å². The minimum absolute atomic E-state index is 0.0107. The van der Waals surface area contributed by atoms with E-state index in [9.17, 15) is 27.6 Å². The lowest BCUT2D eigenvalue weighted by atomic mass is 10.1. The molecule has 0 spiro atoms. The maximum Gasteiger partial charge on any atom is 0.416 e. The van der Waals surface area contributed by atoms with Crippen molar-refractivity contribution >= 4 is 23.5 Å². The van der Waals surface area contributed by atoms with Gasteiger partial charge in [0.2, 0.25) is 5.91 Å². The first-order valence-electron chi connectivity index (χ1n) is 7.64. The average Bonchev–Trinajstić information content (AvgIpc) is 2.65. The van der Waals surface area contributed by atoms with Crippen LogP contribution in [0.5, 0.6) is 0 Å². The Morgan fingerprint density at radius 3 is 2.26 bits per heavy atom. The van der Waals surface area contributed by atoms with E-state index in [-0.39, 0.29) is 11.1 Å². The maximum absolute atomic E-state index is 12.5. The van der Waals surface area contributed by atoms with Gasteiger partial charge in [-0.25, -0.2) is 4.79 Å². The number of esters is 1. The van der Waals surface area contributed by atoms with E-state index in [1.807, 2.05) is 0 Å². The van der Waals surface area contributed by atoms with Crippen LogP contribution in [0.2, 0.25) is 0 Å². The van der Waals surface area contributed by atoms with Gasteiger partial charge in [-0.3, -0.25) is 9.59 Å². The highest BCUT2D eigenvalue weighted by atomic mass is 19.4. The molecule has 27 heavy (non-hydrogen) atoms. The maximum atomic E-state index is 12.5. The van der Waals surface area contributed by atoms with Crippen molar-refractivity contribution in [1.29, 1.82) is 0 Å². The standard InChI is InChI=1S/C18H15F3N2O4/c1-27-17(26)12-3-2-4-14(9-12)23-15(24)10-22-16(25)11-5-7-13(8-6-11)18(19,20)21/h2-9H,10H2,1H3,(H,22,25)(H,23,24). The van der Waals surface area contributed by atoms with Crippen molar-refractivity contribution in [2.45, 2.75) is 6.18 Å². The molecule has 2 amide bonds. The number of alkyl halides is 3. The zero-order valence-corrected chi connectivity index (χ0v) is 14.1. The third-order valence-corrected chi connectivity index (χ3v) is 3.45. The fourth-order valence-electron chi connectivity index (χ4n) is 2.12.